The Labute approximate surface area is 182 Å². The Balaban J connectivity index is 1.58. The highest BCUT2D eigenvalue weighted by Gasteiger charge is 2.41. The molecule has 29 heavy (non-hydrogen) atoms. The second kappa shape index (κ2) is 7.39. The minimum absolute atomic E-state index is 0.0948. The number of hydrogen-bond donors (Lipinski definition) is 0. The zero-order valence-corrected chi connectivity index (χ0v) is 18.0. The molecule has 0 radical (unpaired) electrons. The second-order valence-electron chi connectivity index (χ2n) is 7.08. The minimum Gasteiger partial charge on any atom is -0.497 e. The molecule has 6 heteroatoms. The van der Waals surface area contributed by atoms with Crippen molar-refractivity contribution in [1.82, 2.24) is 5.01 Å². The van der Waals surface area contributed by atoms with Crippen molar-refractivity contribution in [3.05, 3.63) is 92.9 Å². The molecule has 0 saturated carbocycles. The van der Waals surface area contributed by atoms with Gasteiger partial charge in [0.1, 0.15) is 11.5 Å². The summed E-state index contributed by atoms with van der Waals surface area (Å²) < 4.78 is 12.7. The highest BCUT2D eigenvalue weighted by Crippen LogP contribution is 2.48. The highest BCUT2D eigenvalue weighted by molar-refractivity contribution is 9.10. The number of fused-ring (bicyclic) bond motifs is 3. The maximum atomic E-state index is 6.38. The molecular formula is C23H18BrClN2O2. The van der Waals surface area contributed by atoms with Crippen LogP contribution in [0.3, 0.4) is 0 Å². The fraction of sp³-hybridized carbons (Fsp3) is 0.174. The van der Waals surface area contributed by atoms with Gasteiger partial charge in [0, 0.05) is 27.0 Å². The molecule has 0 aliphatic carbocycles. The van der Waals surface area contributed by atoms with Crippen LogP contribution in [0.1, 0.15) is 35.4 Å². The Morgan fingerprint density at radius 1 is 1.10 bits per heavy atom. The number of halogens is 2. The van der Waals surface area contributed by atoms with E-state index in [2.05, 4.69) is 27.0 Å². The molecule has 4 nitrogen and oxygen atoms in total. The maximum absolute atomic E-state index is 6.38. The zero-order valence-electron chi connectivity index (χ0n) is 15.7. The predicted octanol–water partition coefficient (Wildman–Crippen LogP) is 6.35. The maximum Gasteiger partial charge on any atom is 0.213 e. The highest BCUT2D eigenvalue weighted by atomic mass is 79.9. The summed E-state index contributed by atoms with van der Waals surface area (Å²) in [6.45, 7) is 0. The van der Waals surface area contributed by atoms with Crippen molar-refractivity contribution in [2.24, 2.45) is 5.10 Å². The molecule has 0 N–H and O–H groups in total. The minimum atomic E-state index is -0.330. The van der Waals surface area contributed by atoms with E-state index in [-0.39, 0.29) is 12.3 Å². The van der Waals surface area contributed by atoms with Gasteiger partial charge < -0.3 is 9.47 Å². The smallest absolute Gasteiger partial charge is 0.213 e. The number of nitrogens with zero attached hydrogens (tertiary/aromatic N) is 2. The summed E-state index contributed by atoms with van der Waals surface area (Å²) in [5, 5.41) is 7.72. The van der Waals surface area contributed by atoms with Gasteiger partial charge in [-0.25, -0.2) is 5.01 Å². The molecule has 3 aromatic rings. The van der Waals surface area contributed by atoms with Gasteiger partial charge in [0.05, 0.1) is 18.9 Å². The van der Waals surface area contributed by atoms with E-state index < -0.39 is 0 Å². The van der Waals surface area contributed by atoms with Gasteiger partial charge in [-0.1, -0.05) is 39.7 Å². The van der Waals surface area contributed by atoms with E-state index in [4.69, 9.17) is 26.2 Å². The number of ether oxygens (including phenoxy) is 2. The normalized spacial score (nSPS) is 19.8. The quantitative estimate of drug-likeness (QED) is 0.448. The van der Waals surface area contributed by atoms with E-state index >= 15 is 0 Å². The zero-order chi connectivity index (χ0) is 20.0. The molecule has 0 aromatic heterocycles. The van der Waals surface area contributed by atoms with E-state index in [1.165, 1.54) is 0 Å². The third-order valence-corrected chi connectivity index (χ3v) is 6.04. The molecule has 3 aromatic carbocycles. The monoisotopic (exact) mass is 468 g/mol. The van der Waals surface area contributed by atoms with E-state index in [1.54, 1.807) is 7.11 Å². The summed E-state index contributed by atoms with van der Waals surface area (Å²) in [6.07, 6.45) is 0.471. The van der Waals surface area contributed by atoms with E-state index in [0.29, 0.717) is 5.02 Å². The second-order valence-corrected chi connectivity index (χ2v) is 8.43. The summed E-state index contributed by atoms with van der Waals surface area (Å²) in [5.74, 6) is 1.71. The first kappa shape index (κ1) is 18.5. The van der Waals surface area contributed by atoms with Crippen LogP contribution in [0.5, 0.6) is 11.5 Å². The lowest BCUT2D eigenvalue weighted by Crippen LogP contribution is -2.33. The van der Waals surface area contributed by atoms with E-state index in [0.717, 1.165) is 44.8 Å². The molecule has 0 fully saturated rings. The number of hydrogen-bond acceptors (Lipinski definition) is 4. The molecule has 0 amide bonds. The third-order valence-electron chi connectivity index (χ3n) is 5.31. The Bertz CT molecular complexity index is 1100. The molecule has 146 valence electrons. The lowest BCUT2D eigenvalue weighted by molar-refractivity contribution is -0.0190. The van der Waals surface area contributed by atoms with Gasteiger partial charge in [0.2, 0.25) is 6.23 Å². The van der Waals surface area contributed by atoms with E-state index in [1.807, 2.05) is 60.7 Å². The topological polar surface area (TPSA) is 34.1 Å². The van der Waals surface area contributed by atoms with Gasteiger partial charge in [0.15, 0.2) is 0 Å². The van der Waals surface area contributed by atoms with Crippen LogP contribution in [0, 0.1) is 0 Å². The van der Waals surface area contributed by atoms with Gasteiger partial charge in [0.25, 0.3) is 0 Å². The number of benzene rings is 3. The number of methoxy groups -OCH3 is 1. The van der Waals surface area contributed by atoms with Gasteiger partial charge in [-0.3, -0.25) is 0 Å². The van der Waals surface area contributed by atoms with Crippen LogP contribution in [-0.2, 0) is 0 Å². The van der Waals surface area contributed by atoms with E-state index in [9.17, 15) is 0 Å². The van der Waals surface area contributed by atoms with Gasteiger partial charge in [-0.05, 0) is 60.2 Å². The SMILES string of the molecule is COc1ccc(C2=NN3[C@H](C2)c2cc(Br)ccc2O[C@@H]3c2cccc(Cl)c2)cc1. The molecule has 2 aliphatic heterocycles. The molecule has 0 spiro atoms. The predicted molar refractivity (Wildman–Crippen MR) is 118 cm³/mol. The van der Waals surface area contributed by atoms with Crippen molar-refractivity contribution in [2.45, 2.75) is 18.7 Å². The first-order chi connectivity index (χ1) is 14.1. The average molecular weight is 470 g/mol. The molecule has 2 heterocycles. The van der Waals surface area contributed by atoms with Crippen LogP contribution in [0.4, 0.5) is 0 Å². The van der Waals surface area contributed by atoms with Crippen LogP contribution in [-0.4, -0.2) is 17.8 Å². The van der Waals surface area contributed by atoms with Crippen molar-refractivity contribution < 1.29 is 9.47 Å². The Morgan fingerprint density at radius 3 is 2.69 bits per heavy atom. The van der Waals surface area contributed by atoms with Crippen LogP contribution in [0.2, 0.25) is 5.02 Å². The summed E-state index contributed by atoms with van der Waals surface area (Å²) in [4.78, 5) is 0. The molecule has 0 bridgehead atoms. The van der Waals surface area contributed by atoms with Crippen molar-refractivity contribution in [1.29, 1.82) is 0 Å². The van der Waals surface area contributed by atoms with Gasteiger partial charge >= 0.3 is 0 Å². The number of hydrazone groups is 1. The van der Waals surface area contributed by atoms with Gasteiger partial charge in [-0.2, -0.15) is 5.10 Å². The molecule has 0 unspecified atom stereocenters. The fourth-order valence-electron chi connectivity index (χ4n) is 3.90. The summed E-state index contributed by atoms with van der Waals surface area (Å²) in [6, 6.07) is 22.0. The first-order valence-corrected chi connectivity index (χ1v) is 10.5. The summed E-state index contributed by atoms with van der Waals surface area (Å²) in [5.41, 5.74) is 4.23. The van der Waals surface area contributed by atoms with Gasteiger partial charge in [-0.15, -0.1) is 0 Å². The molecule has 2 aliphatic rings. The van der Waals surface area contributed by atoms with Crippen molar-refractivity contribution in [2.75, 3.05) is 7.11 Å². The lowest BCUT2D eigenvalue weighted by Gasteiger charge is -2.38. The number of rotatable bonds is 3. The molecule has 5 rings (SSSR count). The standard InChI is InChI=1S/C23H18BrClN2O2/c1-28-18-8-5-14(6-9-18)20-13-21-19-12-16(24)7-10-22(19)29-23(27(21)26-20)15-3-2-4-17(25)11-15/h2-12,21,23H,13H2,1H3/t21-,23-/m1/s1. The fourth-order valence-corrected chi connectivity index (χ4v) is 4.47. The Kier molecular flexibility index (Phi) is 4.72. The lowest BCUT2D eigenvalue weighted by atomic mass is 9.96. The summed E-state index contributed by atoms with van der Waals surface area (Å²) in [7, 11) is 1.67. The first-order valence-electron chi connectivity index (χ1n) is 9.34. The molecule has 2 atom stereocenters. The van der Waals surface area contributed by atoms with Crippen molar-refractivity contribution >= 4 is 33.2 Å². The van der Waals surface area contributed by atoms with Crippen LogP contribution < -0.4 is 9.47 Å². The largest absolute Gasteiger partial charge is 0.497 e. The molecular weight excluding hydrogens is 452 g/mol. The van der Waals surface area contributed by atoms with Crippen molar-refractivity contribution in [3.63, 3.8) is 0 Å². The Morgan fingerprint density at radius 2 is 1.93 bits per heavy atom. The van der Waals surface area contributed by atoms with Crippen molar-refractivity contribution in [3.8, 4) is 11.5 Å². The third kappa shape index (κ3) is 3.38. The van der Waals surface area contributed by atoms with Crippen LogP contribution >= 0.6 is 27.5 Å². The average Bonchev–Trinajstić information content (AvgIpc) is 3.19. The Hall–Kier alpha value is -2.50. The van der Waals surface area contributed by atoms with Crippen LogP contribution in [0.15, 0.2) is 76.3 Å². The molecule has 0 saturated heterocycles. The van der Waals surface area contributed by atoms with Crippen LogP contribution in [0.25, 0.3) is 0 Å². The summed E-state index contributed by atoms with van der Waals surface area (Å²) >= 11 is 9.84.